The molecule has 2 nitrogen and oxygen atoms in total. The highest BCUT2D eigenvalue weighted by atomic mass is 16.1. The number of benzene rings is 1. The van der Waals surface area contributed by atoms with E-state index in [1.54, 1.807) is 0 Å². The van der Waals surface area contributed by atoms with Crippen molar-refractivity contribution in [2.45, 2.75) is 24.7 Å². The highest BCUT2D eigenvalue weighted by molar-refractivity contribution is 5.93. The average Bonchev–Trinajstić information content (AvgIpc) is 2.61. The van der Waals surface area contributed by atoms with Crippen molar-refractivity contribution in [3.8, 4) is 0 Å². The first-order chi connectivity index (χ1) is 6.27. The largest absolute Gasteiger partial charge is 0.398 e. The normalized spacial score (nSPS) is 29.4. The van der Waals surface area contributed by atoms with E-state index in [1.165, 1.54) is 11.1 Å². The smallest absolute Gasteiger partial charge is 0.140 e. The summed E-state index contributed by atoms with van der Waals surface area (Å²) in [6.07, 6.45) is 1.72. The molecule has 1 saturated carbocycles. The molecule has 2 aliphatic carbocycles. The Morgan fingerprint density at radius 1 is 1.38 bits per heavy atom. The van der Waals surface area contributed by atoms with E-state index in [4.69, 9.17) is 5.73 Å². The summed E-state index contributed by atoms with van der Waals surface area (Å²) >= 11 is 0. The van der Waals surface area contributed by atoms with Crippen molar-refractivity contribution < 1.29 is 4.79 Å². The summed E-state index contributed by atoms with van der Waals surface area (Å²) in [6, 6.07) is 5.93. The Bertz CT molecular complexity index is 397. The molecule has 3 rings (SSSR count). The first-order valence-electron chi connectivity index (χ1n) is 4.68. The van der Waals surface area contributed by atoms with E-state index in [2.05, 4.69) is 0 Å². The molecule has 0 saturated heterocycles. The van der Waals surface area contributed by atoms with E-state index in [0.717, 1.165) is 12.1 Å². The molecule has 2 heteroatoms. The molecule has 2 N–H and O–H groups in total. The van der Waals surface area contributed by atoms with E-state index < -0.39 is 0 Å². The monoisotopic (exact) mass is 173 g/mol. The van der Waals surface area contributed by atoms with Gasteiger partial charge in [-0.15, -0.1) is 0 Å². The quantitative estimate of drug-likeness (QED) is 0.608. The molecular formula is C11H11NO. The molecular weight excluding hydrogens is 162 g/mol. The molecule has 66 valence electrons. The molecule has 13 heavy (non-hydrogen) atoms. The van der Waals surface area contributed by atoms with Crippen molar-refractivity contribution in [3.63, 3.8) is 0 Å². The minimum atomic E-state index is 0.170. The van der Waals surface area contributed by atoms with Gasteiger partial charge in [0.05, 0.1) is 0 Å². The van der Waals surface area contributed by atoms with Crippen LogP contribution in [0.2, 0.25) is 0 Å². The summed E-state index contributed by atoms with van der Waals surface area (Å²) in [5.74, 6) is 1.00. The summed E-state index contributed by atoms with van der Waals surface area (Å²) < 4.78 is 0. The second-order valence-corrected chi connectivity index (χ2v) is 4.01. The first-order valence-corrected chi connectivity index (χ1v) is 4.68. The zero-order chi connectivity index (χ0) is 9.00. The minimum Gasteiger partial charge on any atom is -0.398 e. The number of Topliss-reactive ketones (excluding diaryl/α,β-unsaturated/α-hetero) is 1. The van der Waals surface area contributed by atoms with Crippen LogP contribution < -0.4 is 5.73 Å². The van der Waals surface area contributed by atoms with Crippen LogP contribution in [0.3, 0.4) is 0 Å². The van der Waals surface area contributed by atoms with Gasteiger partial charge in [0, 0.05) is 18.0 Å². The minimum absolute atomic E-state index is 0.170. The third-order valence-electron chi connectivity index (χ3n) is 3.31. The van der Waals surface area contributed by atoms with Crippen LogP contribution in [0.15, 0.2) is 18.2 Å². The number of nitrogens with two attached hydrogens (primary N) is 1. The molecule has 0 radical (unpaired) electrons. The fraction of sp³-hybridized carbons (Fsp3) is 0.364. The molecule has 2 aliphatic rings. The van der Waals surface area contributed by atoms with Gasteiger partial charge < -0.3 is 5.73 Å². The van der Waals surface area contributed by atoms with Gasteiger partial charge in [0.1, 0.15) is 5.78 Å². The Morgan fingerprint density at radius 3 is 3.08 bits per heavy atom. The standard InChI is InChI=1S/C11H11NO/c12-9-3-1-2-7-8-4-6(11(7)9)5-10(8)13/h1-3,6,8H,4-5,12H2. The lowest BCUT2D eigenvalue weighted by molar-refractivity contribution is -0.118. The van der Waals surface area contributed by atoms with E-state index in [-0.39, 0.29) is 5.92 Å². The Morgan fingerprint density at radius 2 is 2.23 bits per heavy atom. The van der Waals surface area contributed by atoms with E-state index in [1.807, 2.05) is 18.2 Å². The second kappa shape index (κ2) is 2.13. The molecule has 0 aromatic heterocycles. The van der Waals surface area contributed by atoms with Crippen molar-refractivity contribution in [2.75, 3.05) is 5.73 Å². The molecule has 0 amide bonds. The number of carbonyl (C=O) groups is 1. The summed E-state index contributed by atoms with van der Waals surface area (Å²) in [5, 5.41) is 0. The van der Waals surface area contributed by atoms with Crippen LogP contribution in [0.1, 0.15) is 35.8 Å². The van der Waals surface area contributed by atoms with Crippen molar-refractivity contribution in [3.05, 3.63) is 29.3 Å². The first kappa shape index (κ1) is 7.13. The third kappa shape index (κ3) is 0.755. The van der Waals surface area contributed by atoms with Crippen LogP contribution in [-0.2, 0) is 4.79 Å². The van der Waals surface area contributed by atoms with Crippen LogP contribution in [0.25, 0.3) is 0 Å². The van der Waals surface area contributed by atoms with Crippen LogP contribution in [0, 0.1) is 0 Å². The fourth-order valence-electron chi connectivity index (χ4n) is 2.78. The van der Waals surface area contributed by atoms with Crippen LogP contribution in [0.4, 0.5) is 5.69 Å². The van der Waals surface area contributed by atoms with Crippen LogP contribution in [-0.4, -0.2) is 5.78 Å². The van der Waals surface area contributed by atoms with Gasteiger partial charge in [-0.2, -0.15) is 0 Å². The molecule has 2 atom stereocenters. The second-order valence-electron chi connectivity index (χ2n) is 4.01. The lowest BCUT2D eigenvalue weighted by Crippen LogP contribution is -2.10. The summed E-state index contributed by atoms with van der Waals surface area (Å²) in [6.45, 7) is 0. The predicted octanol–water partition coefficient (Wildman–Crippen LogP) is 1.81. The molecule has 2 bridgehead atoms. The number of anilines is 1. The predicted molar refractivity (Wildman–Crippen MR) is 50.6 cm³/mol. The maximum Gasteiger partial charge on any atom is 0.140 e. The highest BCUT2D eigenvalue weighted by Gasteiger charge is 2.43. The molecule has 1 aromatic rings. The Balaban J connectivity index is 2.26. The van der Waals surface area contributed by atoms with Gasteiger partial charge in [0.25, 0.3) is 0 Å². The van der Waals surface area contributed by atoms with Gasteiger partial charge in [0.2, 0.25) is 0 Å². The Kier molecular flexibility index (Phi) is 1.17. The van der Waals surface area contributed by atoms with Crippen molar-refractivity contribution in [2.24, 2.45) is 0 Å². The molecule has 0 aliphatic heterocycles. The number of carbonyl (C=O) groups excluding carboxylic acids is 1. The number of fused-ring (bicyclic) bond motifs is 5. The van der Waals surface area contributed by atoms with Crippen LogP contribution in [0.5, 0.6) is 0 Å². The van der Waals surface area contributed by atoms with Gasteiger partial charge in [-0.05, 0) is 29.5 Å². The zero-order valence-electron chi connectivity index (χ0n) is 7.29. The highest BCUT2D eigenvalue weighted by Crippen LogP contribution is 2.52. The van der Waals surface area contributed by atoms with E-state index in [9.17, 15) is 4.79 Å². The molecule has 0 spiro atoms. The van der Waals surface area contributed by atoms with Gasteiger partial charge in [-0.3, -0.25) is 4.79 Å². The Labute approximate surface area is 76.7 Å². The molecule has 2 unspecified atom stereocenters. The Hall–Kier alpha value is -1.31. The van der Waals surface area contributed by atoms with E-state index in [0.29, 0.717) is 18.1 Å². The fourth-order valence-corrected chi connectivity index (χ4v) is 2.78. The topological polar surface area (TPSA) is 43.1 Å². The van der Waals surface area contributed by atoms with Gasteiger partial charge in [0.15, 0.2) is 0 Å². The maximum atomic E-state index is 11.5. The van der Waals surface area contributed by atoms with E-state index >= 15 is 0 Å². The number of ketones is 1. The zero-order valence-corrected chi connectivity index (χ0v) is 7.29. The number of nitrogen functional groups attached to an aromatic ring is 1. The summed E-state index contributed by atoms with van der Waals surface area (Å²) in [4.78, 5) is 11.5. The van der Waals surface area contributed by atoms with Crippen LogP contribution >= 0.6 is 0 Å². The number of hydrogen-bond acceptors (Lipinski definition) is 2. The van der Waals surface area contributed by atoms with Crippen molar-refractivity contribution in [1.29, 1.82) is 0 Å². The molecule has 1 aromatic carbocycles. The van der Waals surface area contributed by atoms with Crippen molar-refractivity contribution >= 4 is 11.5 Å². The average molecular weight is 173 g/mol. The third-order valence-corrected chi connectivity index (χ3v) is 3.31. The maximum absolute atomic E-state index is 11.5. The summed E-state index contributed by atoms with van der Waals surface area (Å²) in [7, 11) is 0. The van der Waals surface area contributed by atoms with Gasteiger partial charge in [-0.25, -0.2) is 0 Å². The van der Waals surface area contributed by atoms with Gasteiger partial charge in [-0.1, -0.05) is 12.1 Å². The summed E-state index contributed by atoms with van der Waals surface area (Å²) in [5.41, 5.74) is 9.22. The molecule has 0 heterocycles. The van der Waals surface area contributed by atoms with Gasteiger partial charge >= 0.3 is 0 Å². The lowest BCUT2D eigenvalue weighted by atomic mass is 9.90. The SMILES string of the molecule is Nc1cccc2c1C1CC(=O)C2C1. The number of rotatable bonds is 0. The lowest BCUT2D eigenvalue weighted by Gasteiger charge is -2.15. The van der Waals surface area contributed by atoms with Crippen molar-refractivity contribution in [1.82, 2.24) is 0 Å². The number of hydrogen-bond donors (Lipinski definition) is 1. The molecule has 1 fully saturated rings.